The number of allylic oxidation sites excluding steroid dienone is 3. The summed E-state index contributed by atoms with van der Waals surface area (Å²) in [6, 6.07) is 9.01. The third-order valence-electron chi connectivity index (χ3n) is 13.3. The highest BCUT2D eigenvalue weighted by Crippen LogP contribution is 2.59. The number of carbonyl (C=O) groups excluding carboxylic acids is 3. The van der Waals surface area contributed by atoms with E-state index in [9.17, 15) is 14.4 Å². The molecule has 60 heavy (non-hydrogen) atoms. The van der Waals surface area contributed by atoms with Gasteiger partial charge in [-0.25, -0.2) is 9.78 Å². The van der Waals surface area contributed by atoms with Crippen LogP contribution in [0.5, 0.6) is 0 Å². The van der Waals surface area contributed by atoms with Crippen molar-refractivity contribution in [3.05, 3.63) is 94.2 Å². The Labute approximate surface area is 355 Å². The number of ether oxygens (including phenoxy) is 2. The third-order valence-corrected chi connectivity index (χ3v) is 13.3. The van der Waals surface area contributed by atoms with Gasteiger partial charge in [0.05, 0.1) is 19.3 Å². The minimum absolute atomic E-state index is 0.0216. The van der Waals surface area contributed by atoms with Gasteiger partial charge in [-0.1, -0.05) is 81.2 Å². The van der Waals surface area contributed by atoms with Crippen molar-refractivity contribution in [3.63, 3.8) is 0 Å². The van der Waals surface area contributed by atoms with Crippen molar-refractivity contribution in [2.75, 3.05) is 39.2 Å². The largest absolute Gasteiger partial charge is 0.463 e. The number of anilines is 1. The minimum atomic E-state index is -2.06. The number of rotatable bonds is 17. The Kier molecular flexibility index (Phi) is 13.7. The average Bonchev–Trinajstić information content (AvgIpc) is 3.97. The number of fused-ring (bicyclic) bond motifs is 3. The number of benzene rings is 1. The van der Waals surface area contributed by atoms with Crippen LogP contribution >= 0.6 is 0 Å². The molecule has 1 saturated carbocycles. The average molecular weight is 820 g/mol. The number of aromatic nitrogens is 1. The molecule has 1 saturated heterocycles. The first-order chi connectivity index (χ1) is 29.0. The monoisotopic (exact) mass is 820 g/mol. The molecular formula is C48H65N7O5. The van der Waals surface area contributed by atoms with Crippen molar-refractivity contribution < 1.29 is 23.9 Å². The molecule has 2 heterocycles. The highest BCUT2D eigenvalue weighted by molar-refractivity contribution is 6.33. The number of nitrogens with two attached hydrogens (primary N) is 1. The summed E-state index contributed by atoms with van der Waals surface area (Å²) in [5.74, 6) is 0.652. The lowest BCUT2D eigenvalue weighted by Gasteiger charge is -2.37. The van der Waals surface area contributed by atoms with Gasteiger partial charge in [-0.3, -0.25) is 14.6 Å². The molecule has 2 fully saturated rings. The summed E-state index contributed by atoms with van der Waals surface area (Å²) in [6.45, 7) is 7.71. The normalized spacial score (nSPS) is 27.1. The molecule has 1 aliphatic heterocycles. The van der Waals surface area contributed by atoms with Gasteiger partial charge in [0, 0.05) is 42.8 Å². The lowest BCUT2D eigenvalue weighted by Crippen LogP contribution is -2.51. The summed E-state index contributed by atoms with van der Waals surface area (Å²) < 4.78 is 12.7. The van der Waals surface area contributed by atoms with Crippen LogP contribution in [0.4, 0.5) is 5.82 Å². The number of ketones is 2. The molecule has 6 unspecified atom stereocenters. The van der Waals surface area contributed by atoms with Gasteiger partial charge in [-0.2, -0.15) is 0 Å². The van der Waals surface area contributed by atoms with Gasteiger partial charge in [0.2, 0.25) is 5.78 Å². The van der Waals surface area contributed by atoms with E-state index in [0.717, 1.165) is 42.5 Å². The standard InChI is InChI=1S/C48H65N7O5/c1-30(2)22-36-16-11-17-38-42(36)44(57)48(45(58)59-28-37-24-33-14-9-10-15-34(33)25-39(37)53-27-32-12-7-6-8-13-32)47(60-48,43(38)56)20-18-31(3)23-40(55-46(49)51-5)35-19-21-52-41(26-35)54-29-50-4/h10-11,15-19,21,25-26,30,32-33,37,39-40,50,53H,6-9,12-14,20,22-24,27-29H2,1-5H3,(H,52,54)(H3,49,51,55). The molecule has 2 aromatic rings. The molecule has 12 nitrogen and oxygen atoms in total. The second kappa shape index (κ2) is 19.0. The van der Waals surface area contributed by atoms with Crippen LogP contribution in [0, 0.1) is 23.7 Å². The number of hydrogen-bond donors (Lipinski definition) is 5. The number of aliphatic imine (C=N–C) groups is 1. The molecule has 0 amide bonds. The quantitative estimate of drug-likeness (QED) is 0.0218. The van der Waals surface area contributed by atoms with E-state index in [1.807, 2.05) is 44.3 Å². The maximum absolute atomic E-state index is 14.9. The van der Waals surface area contributed by atoms with Crippen molar-refractivity contribution >= 4 is 29.3 Å². The van der Waals surface area contributed by atoms with Gasteiger partial charge in [-0.15, -0.1) is 0 Å². The van der Waals surface area contributed by atoms with Crippen molar-refractivity contribution in [2.24, 2.45) is 34.4 Å². The van der Waals surface area contributed by atoms with Crippen LogP contribution in [-0.2, 0) is 20.7 Å². The summed E-state index contributed by atoms with van der Waals surface area (Å²) in [4.78, 5) is 53.0. The van der Waals surface area contributed by atoms with Crippen molar-refractivity contribution in [3.8, 4) is 0 Å². The Morgan fingerprint density at radius 1 is 1.13 bits per heavy atom. The number of carbonyl (C=O) groups is 3. The van der Waals surface area contributed by atoms with Gasteiger partial charge in [-0.05, 0) is 112 Å². The number of Topliss-reactive ketones (excluding diaryl/α,β-unsaturated/α-hetero) is 2. The van der Waals surface area contributed by atoms with Gasteiger partial charge in [0.25, 0.3) is 5.60 Å². The SMILES string of the molecule is CN=C(N)NC(CC(C)=CCC12OC1(C(=O)OCC1CC3CCC=CC3=CC1NCC1CCCCC1)C(=O)c1c(CC(C)C)cccc1C2=O)c1ccnc(NCNC)c1. The van der Waals surface area contributed by atoms with Gasteiger partial charge in [0.1, 0.15) is 5.82 Å². The molecule has 7 rings (SSSR count). The van der Waals surface area contributed by atoms with E-state index in [4.69, 9.17) is 15.2 Å². The molecule has 0 spiro atoms. The predicted octanol–water partition coefficient (Wildman–Crippen LogP) is 6.75. The maximum Gasteiger partial charge on any atom is 0.350 e. The molecule has 5 aliphatic rings. The van der Waals surface area contributed by atoms with Gasteiger partial charge in [0.15, 0.2) is 17.3 Å². The maximum atomic E-state index is 14.9. The van der Waals surface area contributed by atoms with Gasteiger partial charge >= 0.3 is 5.97 Å². The molecule has 6 N–H and O–H groups in total. The Morgan fingerprint density at radius 2 is 1.95 bits per heavy atom. The van der Waals surface area contributed by atoms with Crippen LogP contribution in [0.1, 0.15) is 123 Å². The predicted molar refractivity (Wildman–Crippen MR) is 236 cm³/mol. The van der Waals surface area contributed by atoms with E-state index in [1.165, 1.54) is 37.7 Å². The van der Waals surface area contributed by atoms with E-state index in [-0.39, 0.29) is 54.3 Å². The second-order valence-corrected chi connectivity index (χ2v) is 18.0. The molecule has 0 bridgehead atoms. The number of nitrogens with one attached hydrogen (secondary N) is 4. The fourth-order valence-corrected chi connectivity index (χ4v) is 9.96. The van der Waals surface area contributed by atoms with E-state index >= 15 is 0 Å². The first-order valence-electron chi connectivity index (χ1n) is 22.2. The summed E-state index contributed by atoms with van der Waals surface area (Å²) in [6.07, 6.45) is 20.9. The Balaban J connectivity index is 1.16. The summed E-state index contributed by atoms with van der Waals surface area (Å²) in [5, 5.41) is 13.5. The zero-order valence-electron chi connectivity index (χ0n) is 36.2. The Bertz CT molecular complexity index is 2040. The van der Waals surface area contributed by atoms with Gasteiger partial charge < -0.3 is 36.5 Å². The van der Waals surface area contributed by atoms with Crippen molar-refractivity contribution in [1.82, 2.24) is 20.9 Å². The van der Waals surface area contributed by atoms with Crippen molar-refractivity contribution in [1.29, 1.82) is 0 Å². The minimum Gasteiger partial charge on any atom is -0.463 e. The lowest BCUT2D eigenvalue weighted by molar-refractivity contribution is -0.150. The Hall–Kier alpha value is -4.65. The molecule has 12 heteroatoms. The molecular weight excluding hydrogens is 755 g/mol. The van der Waals surface area contributed by atoms with Crippen LogP contribution in [0.25, 0.3) is 0 Å². The summed E-state index contributed by atoms with van der Waals surface area (Å²) >= 11 is 0. The Morgan fingerprint density at radius 3 is 2.72 bits per heavy atom. The summed E-state index contributed by atoms with van der Waals surface area (Å²) in [7, 11) is 3.47. The fraction of sp³-hybridized carbons (Fsp3) is 0.562. The van der Waals surface area contributed by atoms with Crippen LogP contribution in [0.3, 0.4) is 0 Å². The number of hydrogen-bond acceptors (Lipinski definition) is 10. The molecule has 6 atom stereocenters. The van der Waals surface area contributed by atoms with Crippen molar-refractivity contribution in [2.45, 2.75) is 115 Å². The number of epoxide rings is 1. The van der Waals surface area contributed by atoms with E-state index in [0.29, 0.717) is 42.7 Å². The number of pyridine rings is 1. The first kappa shape index (κ1) is 43.4. The lowest BCUT2D eigenvalue weighted by atomic mass is 9.70. The van der Waals surface area contributed by atoms with Crippen LogP contribution < -0.4 is 27.0 Å². The molecule has 0 radical (unpaired) electrons. The molecule has 1 aromatic carbocycles. The smallest absolute Gasteiger partial charge is 0.350 e. The zero-order chi connectivity index (χ0) is 42.4. The molecule has 322 valence electrons. The topological polar surface area (TPSA) is 172 Å². The highest BCUT2D eigenvalue weighted by atomic mass is 16.7. The second-order valence-electron chi connectivity index (χ2n) is 18.0. The zero-order valence-corrected chi connectivity index (χ0v) is 36.2. The number of esters is 1. The highest BCUT2D eigenvalue weighted by Gasteiger charge is 2.85. The first-order valence-corrected chi connectivity index (χ1v) is 22.2. The number of nitrogens with zero attached hydrogens (tertiary/aromatic N) is 2. The van der Waals surface area contributed by atoms with E-state index in [2.05, 4.69) is 63.3 Å². The third kappa shape index (κ3) is 9.02. The van der Waals surface area contributed by atoms with E-state index in [1.54, 1.807) is 19.3 Å². The summed E-state index contributed by atoms with van der Waals surface area (Å²) in [5.41, 5.74) is 6.93. The van der Waals surface area contributed by atoms with Crippen LogP contribution in [-0.4, -0.2) is 79.6 Å². The molecule has 1 aromatic heterocycles. The van der Waals surface area contributed by atoms with Crippen LogP contribution in [0.15, 0.2) is 77.0 Å². The van der Waals surface area contributed by atoms with E-state index < -0.39 is 23.0 Å². The fourth-order valence-electron chi connectivity index (χ4n) is 9.96. The van der Waals surface area contributed by atoms with Crippen LogP contribution in [0.2, 0.25) is 0 Å². The molecule has 4 aliphatic carbocycles. The number of guanidine groups is 1.